The van der Waals surface area contributed by atoms with E-state index in [1.54, 1.807) is 24.3 Å². The molecule has 0 radical (unpaired) electrons. The number of hydrogen-bond donors (Lipinski definition) is 0. The Morgan fingerprint density at radius 3 is 2.56 bits per heavy atom. The van der Waals surface area contributed by atoms with E-state index in [4.69, 9.17) is 4.42 Å². The van der Waals surface area contributed by atoms with E-state index < -0.39 is 4.92 Å². The van der Waals surface area contributed by atoms with Gasteiger partial charge in [-0.2, -0.15) is 0 Å². The number of nitrogens with zero attached hydrogens (tertiary/aromatic N) is 1. The molecule has 1 aromatic heterocycles. The van der Waals surface area contributed by atoms with Crippen LogP contribution in [0.5, 0.6) is 0 Å². The Labute approximate surface area is 103 Å². The van der Waals surface area contributed by atoms with Crippen molar-refractivity contribution < 1.29 is 13.7 Å². The highest BCUT2D eigenvalue weighted by atomic mass is 19.1. The van der Waals surface area contributed by atoms with E-state index in [1.165, 1.54) is 25.1 Å². The second-order valence-electron chi connectivity index (χ2n) is 3.75. The number of allylic oxidation sites excluding steroid dienone is 1. The van der Waals surface area contributed by atoms with Gasteiger partial charge >= 0.3 is 0 Å². The lowest BCUT2D eigenvalue weighted by atomic mass is 10.2. The summed E-state index contributed by atoms with van der Waals surface area (Å²) in [6.07, 6.45) is 1.34. The van der Waals surface area contributed by atoms with Crippen molar-refractivity contribution in [3.63, 3.8) is 0 Å². The van der Waals surface area contributed by atoms with Crippen LogP contribution in [0.4, 0.5) is 4.39 Å². The van der Waals surface area contributed by atoms with Gasteiger partial charge in [0.15, 0.2) is 0 Å². The second kappa shape index (κ2) is 4.83. The third-order valence-corrected chi connectivity index (χ3v) is 2.39. The molecular weight excluding hydrogens is 237 g/mol. The summed E-state index contributed by atoms with van der Waals surface area (Å²) in [6.45, 7) is 1.39. The van der Waals surface area contributed by atoms with Crippen LogP contribution >= 0.6 is 0 Å². The number of halogens is 1. The standard InChI is InChI=1S/C13H10FNO3/c1-9(15(16)17)8-12-6-7-13(18-12)10-2-4-11(14)5-3-10/h2-8H,1H3. The Morgan fingerprint density at radius 2 is 1.94 bits per heavy atom. The van der Waals surface area contributed by atoms with Crippen LogP contribution in [0.25, 0.3) is 17.4 Å². The predicted molar refractivity (Wildman–Crippen MR) is 64.7 cm³/mol. The van der Waals surface area contributed by atoms with Crippen LogP contribution in [0.15, 0.2) is 46.5 Å². The van der Waals surface area contributed by atoms with E-state index in [0.717, 1.165) is 5.56 Å². The first-order chi connectivity index (χ1) is 8.56. The maximum Gasteiger partial charge on any atom is 0.246 e. The highest BCUT2D eigenvalue weighted by Crippen LogP contribution is 2.23. The highest BCUT2D eigenvalue weighted by Gasteiger charge is 2.07. The third-order valence-electron chi connectivity index (χ3n) is 2.39. The van der Waals surface area contributed by atoms with Crippen molar-refractivity contribution in [2.45, 2.75) is 6.92 Å². The van der Waals surface area contributed by atoms with E-state index in [0.29, 0.717) is 11.5 Å². The quantitative estimate of drug-likeness (QED) is 0.613. The molecule has 0 bridgehead atoms. The van der Waals surface area contributed by atoms with E-state index in [2.05, 4.69) is 0 Å². The molecule has 1 heterocycles. The smallest absolute Gasteiger partial charge is 0.246 e. The summed E-state index contributed by atoms with van der Waals surface area (Å²) in [7, 11) is 0. The van der Waals surface area contributed by atoms with Gasteiger partial charge < -0.3 is 4.42 Å². The summed E-state index contributed by atoms with van der Waals surface area (Å²) in [5.74, 6) is 0.607. The molecule has 0 atom stereocenters. The summed E-state index contributed by atoms with van der Waals surface area (Å²) < 4.78 is 18.2. The van der Waals surface area contributed by atoms with E-state index >= 15 is 0 Å². The van der Waals surface area contributed by atoms with Gasteiger partial charge in [-0.05, 0) is 36.4 Å². The van der Waals surface area contributed by atoms with Crippen molar-refractivity contribution in [2.75, 3.05) is 0 Å². The number of nitro groups is 1. The van der Waals surface area contributed by atoms with Crippen molar-refractivity contribution in [3.8, 4) is 11.3 Å². The average molecular weight is 247 g/mol. The van der Waals surface area contributed by atoms with Crippen LogP contribution < -0.4 is 0 Å². The molecular formula is C13H10FNO3. The first kappa shape index (κ1) is 12.0. The molecule has 18 heavy (non-hydrogen) atoms. The molecule has 0 saturated carbocycles. The fraction of sp³-hybridized carbons (Fsp3) is 0.0769. The lowest BCUT2D eigenvalue weighted by Gasteiger charge is -1.95. The SMILES string of the molecule is CC(=Cc1ccc(-c2ccc(F)cc2)o1)[N+](=O)[O-]. The first-order valence-electron chi connectivity index (χ1n) is 5.25. The maximum absolute atomic E-state index is 12.8. The molecule has 1 aromatic carbocycles. The summed E-state index contributed by atoms with van der Waals surface area (Å²) in [4.78, 5) is 9.99. The van der Waals surface area contributed by atoms with Crippen molar-refractivity contribution >= 4 is 6.08 Å². The Morgan fingerprint density at radius 1 is 1.28 bits per heavy atom. The largest absolute Gasteiger partial charge is 0.456 e. The second-order valence-corrected chi connectivity index (χ2v) is 3.75. The van der Waals surface area contributed by atoms with Gasteiger partial charge in [0.25, 0.3) is 0 Å². The number of furan rings is 1. The minimum absolute atomic E-state index is 0.00462. The van der Waals surface area contributed by atoms with Crippen molar-refractivity contribution in [3.05, 3.63) is 63.8 Å². The Balaban J connectivity index is 2.28. The van der Waals surface area contributed by atoms with Gasteiger partial charge in [-0.3, -0.25) is 10.1 Å². The van der Waals surface area contributed by atoms with E-state index in [9.17, 15) is 14.5 Å². The summed E-state index contributed by atoms with van der Waals surface area (Å²) in [5, 5.41) is 10.5. The molecule has 0 N–H and O–H groups in total. The minimum Gasteiger partial charge on any atom is -0.456 e. The lowest BCUT2D eigenvalue weighted by molar-refractivity contribution is -0.422. The molecule has 0 saturated heterocycles. The van der Waals surface area contributed by atoms with Crippen LogP contribution in [0.1, 0.15) is 12.7 Å². The van der Waals surface area contributed by atoms with Crippen LogP contribution in [-0.4, -0.2) is 4.92 Å². The summed E-state index contributed by atoms with van der Waals surface area (Å²) >= 11 is 0. The summed E-state index contributed by atoms with van der Waals surface area (Å²) in [5.41, 5.74) is 0.713. The molecule has 0 unspecified atom stereocenters. The zero-order chi connectivity index (χ0) is 13.1. The van der Waals surface area contributed by atoms with Crippen molar-refractivity contribution in [1.82, 2.24) is 0 Å². The highest BCUT2D eigenvalue weighted by molar-refractivity contribution is 5.59. The normalized spacial score (nSPS) is 11.6. The van der Waals surface area contributed by atoms with Gasteiger partial charge in [0, 0.05) is 12.5 Å². The Bertz CT molecular complexity index is 599. The third kappa shape index (κ3) is 2.63. The molecule has 0 fully saturated rings. The monoisotopic (exact) mass is 247 g/mol. The van der Waals surface area contributed by atoms with Gasteiger partial charge in [-0.15, -0.1) is 0 Å². The molecule has 2 aromatic rings. The Kier molecular flexibility index (Phi) is 3.23. The lowest BCUT2D eigenvalue weighted by Crippen LogP contribution is -1.92. The molecule has 0 aliphatic carbocycles. The van der Waals surface area contributed by atoms with Gasteiger partial charge in [-0.1, -0.05) is 0 Å². The van der Waals surface area contributed by atoms with Crippen LogP contribution in [0, 0.1) is 15.9 Å². The van der Waals surface area contributed by atoms with Crippen LogP contribution in [0.2, 0.25) is 0 Å². The van der Waals surface area contributed by atoms with Gasteiger partial charge in [-0.25, -0.2) is 4.39 Å². The van der Waals surface area contributed by atoms with Crippen molar-refractivity contribution in [1.29, 1.82) is 0 Å². The number of benzene rings is 1. The predicted octanol–water partition coefficient (Wildman–Crippen LogP) is 3.72. The molecule has 4 nitrogen and oxygen atoms in total. The fourth-order valence-corrected chi connectivity index (χ4v) is 1.46. The minimum atomic E-state index is -0.486. The van der Waals surface area contributed by atoms with Gasteiger partial charge in [0.2, 0.25) is 5.70 Å². The van der Waals surface area contributed by atoms with E-state index in [-0.39, 0.29) is 11.5 Å². The molecule has 0 aliphatic rings. The van der Waals surface area contributed by atoms with Gasteiger partial charge in [0.1, 0.15) is 17.3 Å². The average Bonchev–Trinajstić information content (AvgIpc) is 2.78. The van der Waals surface area contributed by atoms with E-state index in [1.807, 2.05) is 0 Å². The maximum atomic E-state index is 12.8. The molecule has 0 aliphatic heterocycles. The molecule has 0 amide bonds. The Hall–Kier alpha value is -2.43. The van der Waals surface area contributed by atoms with Gasteiger partial charge in [0.05, 0.1) is 11.0 Å². The summed E-state index contributed by atoms with van der Waals surface area (Å²) in [6, 6.07) is 9.15. The fourth-order valence-electron chi connectivity index (χ4n) is 1.46. The van der Waals surface area contributed by atoms with Crippen LogP contribution in [0.3, 0.4) is 0 Å². The molecule has 0 spiro atoms. The zero-order valence-electron chi connectivity index (χ0n) is 9.59. The molecule has 92 valence electrons. The number of hydrogen-bond acceptors (Lipinski definition) is 3. The van der Waals surface area contributed by atoms with Crippen LogP contribution in [-0.2, 0) is 0 Å². The zero-order valence-corrected chi connectivity index (χ0v) is 9.59. The first-order valence-corrected chi connectivity index (χ1v) is 5.25. The number of rotatable bonds is 3. The van der Waals surface area contributed by atoms with Crippen molar-refractivity contribution in [2.24, 2.45) is 0 Å². The molecule has 2 rings (SSSR count). The molecule has 5 heteroatoms. The topological polar surface area (TPSA) is 56.3 Å².